The van der Waals surface area contributed by atoms with Gasteiger partial charge in [0.1, 0.15) is 5.75 Å². The first-order valence-electron chi connectivity index (χ1n) is 6.79. The average molecular weight is 298 g/mol. The summed E-state index contributed by atoms with van der Waals surface area (Å²) in [7, 11) is 1.59. The zero-order valence-electron chi connectivity index (χ0n) is 12.6. The molecule has 0 fully saturated rings. The van der Waals surface area contributed by atoms with E-state index in [9.17, 15) is 9.59 Å². The molecule has 0 heterocycles. The van der Waals surface area contributed by atoms with Crippen LogP contribution in [0, 0.1) is 6.92 Å². The third-order valence-electron chi connectivity index (χ3n) is 3.62. The van der Waals surface area contributed by atoms with E-state index in [2.05, 4.69) is 0 Å². The number of methoxy groups -OCH3 is 1. The average Bonchev–Trinajstić information content (AvgIpc) is 2.48. The molecule has 0 saturated heterocycles. The van der Waals surface area contributed by atoms with Crippen molar-refractivity contribution in [3.05, 3.63) is 64.2 Å². The molecular weight excluding hydrogens is 280 g/mol. The number of nitrogens with two attached hydrogens (primary N) is 2. The molecule has 114 valence electrons. The van der Waals surface area contributed by atoms with Gasteiger partial charge < -0.3 is 16.2 Å². The molecule has 22 heavy (non-hydrogen) atoms. The molecule has 5 heteroatoms. The molecular formula is C17H18N2O3. The second-order valence-electron chi connectivity index (χ2n) is 5.00. The Morgan fingerprint density at radius 3 is 2.32 bits per heavy atom. The van der Waals surface area contributed by atoms with Crippen LogP contribution in [0.25, 0.3) is 0 Å². The lowest BCUT2D eigenvalue weighted by atomic mass is 9.93. The summed E-state index contributed by atoms with van der Waals surface area (Å²) in [6, 6.07) is 10.7. The van der Waals surface area contributed by atoms with Crippen LogP contribution in [0.15, 0.2) is 36.4 Å². The van der Waals surface area contributed by atoms with Crippen molar-refractivity contribution in [1.29, 1.82) is 0 Å². The number of ether oxygens (including phenoxy) is 1. The lowest BCUT2D eigenvalue weighted by molar-refractivity contribution is 0.0966. The first-order chi connectivity index (χ1) is 10.5. The zero-order valence-corrected chi connectivity index (χ0v) is 12.6. The highest BCUT2D eigenvalue weighted by Crippen LogP contribution is 2.27. The van der Waals surface area contributed by atoms with Crippen LogP contribution in [0.3, 0.4) is 0 Å². The van der Waals surface area contributed by atoms with E-state index < -0.39 is 11.8 Å². The molecule has 2 aromatic carbocycles. The van der Waals surface area contributed by atoms with Crippen molar-refractivity contribution < 1.29 is 14.3 Å². The molecule has 0 aliphatic rings. The summed E-state index contributed by atoms with van der Waals surface area (Å²) in [5.74, 6) is -0.621. The summed E-state index contributed by atoms with van der Waals surface area (Å²) in [6.07, 6.45) is 0.426. The molecule has 2 rings (SSSR count). The molecule has 2 aromatic rings. The monoisotopic (exact) mass is 298 g/mol. The number of hydrogen-bond donors (Lipinski definition) is 2. The third-order valence-corrected chi connectivity index (χ3v) is 3.62. The summed E-state index contributed by atoms with van der Waals surface area (Å²) in [6.45, 7) is 1.96. The second-order valence-corrected chi connectivity index (χ2v) is 5.00. The van der Waals surface area contributed by atoms with Crippen LogP contribution >= 0.6 is 0 Å². The molecule has 0 atom stereocenters. The van der Waals surface area contributed by atoms with Crippen LogP contribution in [-0.2, 0) is 6.42 Å². The molecule has 5 nitrogen and oxygen atoms in total. The number of primary amides is 2. The van der Waals surface area contributed by atoms with Crippen LogP contribution in [-0.4, -0.2) is 18.9 Å². The number of aryl methyl sites for hydroxylation is 1. The number of amides is 2. The molecule has 0 saturated carbocycles. The summed E-state index contributed by atoms with van der Waals surface area (Å²) in [5.41, 5.74) is 13.7. The molecule has 0 spiro atoms. The van der Waals surface area contributed by atoms with Crippen molar-refractivity contribution in [2.24, 2.45) is 11.5 Å². The second kappa shape index (κ2) is 6.30. The van der Waals surface area contributed by atoms with Gasteiger partial charge in [0.25, 0.3) is 0 Å². The van der Waals surface area contributed by atoms with Crippen LogP contribution in [0.1, 0.15) is 37.4 Å². The molecule has 0 aromatic heterocycles. The number of rotatable bonds is 5. The molecule has 0 aliphatic carbocycles. The van der Waals surface area contributed by atoms with Crippen LogP contribution in [0.4, 0.5) is 0 Å². The minimum atomic E-state index is -0.674. The van der Waals surface area contributed by atoms with E-state index in [4.69, 9.17) is 16.2 Å². The minimum absolute atomic E-state index is 0.137. The number of hydrogen-bond acceptors (Lipinski definition) is 3. The molecule has 0 unspecified atom stereocenters. The van der Waals surface area contributed by atoms with Gasteiger partial charge in [-0.15, -0.1) is 0 Å². The summed E-state index contributed by atoms with van der Waals surface area (Å²) in [4.78, 5) is 23.3. The van der Waals surface area contributed by atoms with Crippen molar-refractivity contribution in [1.82, 2.24) is 0 Å². The molecule has 2 amide bonds. The van der Waals surface area contributed by atoms with E-state index >= 15 is 0 Å². The predicted octanol–water partition coefficient (Wildman–Crippen LogP) is 1.79. The number of benzene rings is 2. The molecule has 0 aliphatic heterocycles. The Balaban J connectivity index is 2.58. The third kappa shape index (κ3) is 2.93. The highest BCUT2D eigenvalue weighted by atomic mass is 16.5. The van der Waals surface area contributed by atoms with Gasteiger partial charge in [-0.1, -0.05) is 24.3 Å². The van der Waals surface area contributed by atoms with Gasteiger partial charge in [0, 0.05) is 12.0 Å². The maximum absolute atomic E-state index is 11.8. The van der Waals surface area contributed by atoms with E-state index in [-0.39, 0.29) is 11.1 Å². The maximum Gasteiger partial charge on any atom is 0.249 e. The summed E-state index contributed by atoms with van der Waals surface area (Å²) >= 11 is 0. The Morgan fingerprint density at radius 1 is 1.05 bits per heavy atom. The van der Waals surface area contributed by atoms with E-state index in [1.54, 1.807) is 19.2 Å². The van der Waals surface area contributed by atoms with Crippen molar-refractivity contribution >= 4 is 11.8 Å². The maximum atomic E-state index is 11.8. The van der Waals surface area contributed by atoms with E-state index in [1.807, 2.05) is 25.1 Å². The van der Waals surface area contributed by atoms with Crippen molar-refractivity contribution in [2.75, 3.05) is 7.11 Å². The number of carbonyl (C=O) groups is 2. The molecule has 0 bridgehead atoms. The Bertz CT molecular complexity index is 739. The van der Waals surface area contributed by atoms with E-state index in [0.717, 1.165) is 16.9 Å². The summed E-state index contributed by atoms with van der Waals surface area (Å²) in [5, 5.41) is 0. The fraction of sp³-hybridized carbons (Fsp3) is 0.176. The van der Waals surface area contributed by atoms with Gasteiger partial charge in [-0.3, -0.25) is 9.59 Å². The lowest BCUT2D eigenvalue weighted by Crippen LogP contribution is -2.22. The van der Waals surface area contributed by atoms with Gasteiger partial charge in [0.15, 0.2) is 0 Å². The lowest BCUT2D eigenvalue weighted by Gasteiger charge is -2.14. The quantitative estimate of drug-likeness (QED) is 0.881. The first-order valence-corrected chi connectivity index (χ1v) is 6.79. The van der Waals surface area contributed by atoms with Crippen molar-refractivity contribution in [2.45, 2.75) is 13.3 Å². The van der Waals surface area contributed by atoms with Crippen LogP contribution in [0.2, 0.25) is 0 Å². The van der Waals surface area contributed by atoms with Crippen LogP contribution < -0.4 is 16.2 Å². The smallest absolute Gasteiger partial charge is 0.249 e. The van der Waals surface area contributed by atoms with Gasteiger partial charge in [0.05, 0.1) is 18.2 Å². The standard InChI is InChI=1S/C17H18N2O3/c1-10-5-3-8-14(22-2)13(10)9-11-6-4-7-12(16(18)20)15(11)17(19)21/h3-8H,9H2,1-2H3,(H2,18,20)(H2,19,21). The number of carbonyl (C=O) groups excluding carboxylic acids is 2. The minimum Gasteiger partial charge on any atom is -0.496 e. The Kier molecular flexibility index (Phi) is 4.46. The molecule has 4 N–H and O–H groups in total. The first kappa shape index (κ1) is 15.6. The highest BCUT2D eigenvalue weighted by Gasteiger charge is 2.18. The topological polar surface area (TPSA) is 95.4 Å². The fourth-order valence-electron chi connectivity index (χ4n) is 2.53. The Morgan fingerprint density at radius 2 is 1.73 bits per heavy atom. The van der Waals surface area contributed by atoms with Crippen LogP contribution in [0.5, 0.6) is 5.75 Å². The van der Waals surface area contributed by atoms with Gasteiger partial charge in [-0.05, 0) is 30.2 Å². The van der Waals surface area contributed by atoms with E-state index in [1.165, 1.54) is 6.07 Å². The van der Waals surface area contributed by atoms with Gasteiger partial charge >= 0.3 is 0 Å². The van der Waals surface area contributed by atoms with Gasteiger partial charge in [0.2, 0.25) is 11.8 Å². The molecule has 0 radical (unpaired) electrons. The normalized spacial score (nSPS) is 10.3. The largest absolute Gasteiger partial charge is 0.496 e. The van der Waals surface area contributed by atoms with E-state index in [0.29, 0.717) is 12.0 Å². The Labute approximate surface area is 128 Å². The van der Waals surface area contributed by atoms with Crippen molar-refractivity contribution in [3.8, 4) is 5.75 Å². The SMILES string of the molecule is COc1cccc(C)c1Cc1cccc(C(N)=O)c1C(N)=O. The Hall–Kier alpha value is -2.82. The zero-order chi connectivity index (χ0) is 16.3. The summed E-state index contributed by atoms with van der Waals surface area (Å²) < 4.78 is 5.37. The van der Waals surface area contributed by atoms with Gasteiger partial charge in [-0.25, -0.2) is 0 Å². The van der Waals surface area contributed by atoms with Gasteiger partial charge in [-0.2, -0.15) is 0 Å². The predicted molar refractivity (Wildman–Crippen MR) is 84.0 cm³/mol. The highest BCUT2D eigenvalue weighted by molar-refractivity contribution is 6.07. The fourth-order valence-corrected chi connectivity index (χ4v) is 2.53. The van der Waals surface area contributed by atoms with Crippen molar-refractivity contribution in [3.63, 3.8) is 0 Å².